The van der Waals surface area contributed by atoms with Gasteiger partial charge in [-0.2, -0.15) is 0 Å². The Hall–Kier alpha value is -2.61. The van der Waals surface area contributed by atoms with E-state index < -0.39 is 12.1 Å². The number of fused-ring (bicyclic) bond motifs is 1. The van der Waals surface area contributed by atoms with Crippen molar-refractivity contribution in [2.75, 3.05) is 33.7 Å². The van der Waals surface area contributed by atoms with E-state index in [4.69, 9.17) is 0 Å². The summed E-state index contributed by atoms with van der Waals surface area (Å²) >= 11 is 0. The number of nitrogens with zero attached hydrogens (tertiary/aromatic N) is 4. The summed E-state index contributed by atoms with van der Waals surface area (Å²) in [4.78, 5) is 43.0. The van der Waals surface area contributed by atoms with E-state index in [1.54, 1.807) is 24.7 Å². The molecule has 1 aliphatic heterocycles. The van der Waals surface area contributed by atoms with Crippen LogP contribution < -0.4 is 11.0 Å². The van der Waals surface area contributed by atoms with Crippen LogP contribution in [0.1, 0.15) is 39.5 Å². The van der Waals surface area contributed by atoms with Gasteiger partial charge >= 0.3 is 11.7 Å². The van der Waals surface area contributed by atoms with E-state index >= 15 is 0 Å². The van der Waals surface area contributed by atoms with Crippen molar-refractivity contribution in [2.45, 2.75) is 52.1 Å². The fourth-order valence-corrected chi connectivity index (χ4v) is 4.20. The molecule has 1 saturated heterocycles. The molecule has 2 heterocycles. The van der Waals surface area contributed by atoms with Crippen LogP contribution in [0.4, 0.5) is 4.79 Å². The van der Waals surface area contributed by atoms with Crippen molar-refractivity contribution in [3.63, 3.8) is 0 Å². The monoisotopic (exact) mass is 429 g/mol. The van der Waals surface area contributed by atoms with Gasteiger partial charge in [-0.05, 0) is 44.0 Å². The van der Waals surface area contributed by atoms with Gasteiger partial charge in [0, 0.05) is 27.2 Å². The van der Waals surface area contributed by atoms with Gasteiger partial charge < -0.3 is 15.1 Å². The smallest absolute Gasteiger partial charge is 0.337 e. The number of amides is 2. The van der Waals surface area contributed by atoms with Crippen LogP contribution in [-0.4, -0.2) is 70.6 Å². The van der Waals surface area contributed by atoms with E-state index in [-0.39, 0.29) is 17.5 Å². The van der Waals surface area contributed by atoms with Crippen LogP contribution in [0.25, 0.3) is 11.0 Å². The highest BCUT2D eigenvalue weighted by Crippen LogP contribution is 2.15. The molecule has 1 aromatic carbocycles. The van der Waals surface area contributed by atoms with Crippen LogP contribution in [0, 0.1) is 5.92 Å². The lowest BCUT2D eigenvalue weighted by atomic mass is 9.98. The summed E-state index contributed by atoms with van der Waals surface area (Å²) < 4.78 is 2.85. The van der Waals surface area contributed by atoms with Crippen molar-refractivity contribution in [3.05, 3.63) is 34.7 Å². The zero-order valence-corrected chi connectivity index (χ0v) is 19.1. The Morgan fingerprint density at radius 2 is 1.71 bits per heavy atom. The molecule has 170 valence electrons. The second-order valence-corrected chi connectivity index (χ2v) is 8.71. The number of likely N-dealkylation sites (N-methyl/N-ethyl adjacent to an activating group) is 1. The van der Waals surface area contributed by atoms with Gasteiger partial charge in [-0.3, -0.25) is 9.36 Å². The Balaban J connectivity index is 1.90. The molecule has 0 saturated carbocycles. The Morgan fingerprint density at radius 1 is 1.06 bits per heavy atom. The van der Waals surface area contributed by atoms with Gasteiger partial charge in [0.05, 0.1) is 11.0 Å². The van der Waals surface area contributed by atoms with Crippen LogP contribution in [-0.2, 0) is 11.3 Å². The number of imidazole rings is 1. The quantitative estimate of drug-likeness (QED) is 0.733. The second-order valence-electron chi connectivity index (χ2n) is 8.71. The fourth-order valence-electron chi connectivity index (χ4n) is 4.20. The van der Waals surface area contributed by atoms with Crippen LogP contribution in [0.5, 0.6) is 0 Å². The van der Waals surface area contributed by atoms with Crippen LogP contribution in [0.15, 0.2) is 29.1 Å². The van der Waals surface area contributed by atoms with Gasteiger partial charge in [-0.25, -0.2) is 14.2 Å². The molecule has 0 radical (unpaired) electrons. The van der Waals surface area contributed by atoms with Crippen molar-refractivity contribution in [1.29, 1.82) is 0 Å². The highest BCUT2D eigenvalue weighted by Gasteiger charge is 2.29. The molecule has 3 rings (SSSR count). The summed E-state index contributed by atoms with van der Waals surface area (Å²) in [6, 6.07) is 6.10. The molecule has 2 aromatic rings. The molecular weight excluding hydrogens is 394 g/mol. The van der Waals surface area contributed by atoms with E-state index in [0.29, 0.717) is 12.1 Å². The van der Waals surface area contributed by atoms with Gasteiger partial charge in [0.1, 0.15) is 6.04 Å². The first kappa shape index (κ1) is 23.1. The number of rotatable bonds is 7. The molecule has 31 heavy (non-hydrogen) atoms. The molecule has 0 spiro atoms. The Morgan fingerprint density at radius 3 is 2.32 bits per heavy atom. The number of para-hydroxylation sites is 2. The predicted octanol–water partition coefficient (Wildman–Crippen LogP) is 2.35. The predicted molar refractivity (Wildman–Crippen MR) is 122 cm³/mol. The summed E-state index contributed by atoms with van der Waals surface area (Å²) in [5.74, 6) is -0.230. The summed E-state index contributed by atoms with van der Waals surface area (Å²) in [5.41, 5.74) is 0.929. The molecule has 0 bridgehead atoms. The van der Waals surface area contributed by atoms with Crippen LogP contribution >= 0.6 is 0 Å². The number of carbonyl (C=O) groups is 2. The molecule has 8 nitrogen and oxygen atoms in total. The third kappa shape index (κ3) is 5.01. The molecular formula is C23H35N5O3. The van der Waals surface area contributed by atoms with Crippen LogP contribution in [0.2, 0.25) is 0 Å². The lowest BCUT2D eigenvalue weighted by Crippen LogP contribution is -2.52. The molecule has 1 aliphatic rings. The van der Waals surface area contributed by atoms with E-state index in [0.717, 1.165) is 31.6 Å². The van der Waals surface area contributed by atoms with Gasteiger partial charge in [-0.15, -0.1) is 0 Å². The van der Waals surface area contributed by atoms with Crippen molar-refractivity contribution in [2.24, 2.45) is 5.92 Å². The molecule has 0 aliphatic carbocycles. The number of piperidine rings is 1. The summed E-state index contributed by atoms with van der Waals surface area (Å²) in [7, 11) is 3.34. The van der Waals surface area contributed by atoms with Crippen molar-refractivity contribution >= 4 is 23.0 Å². The maximum Gasteiger partial charge on any atom is 0.337 e. The fraction of sp³-hybridized carbons (Fsp3) is 0.609. The minimum absolute atomic E-state index is 0.0537. The SMILES string of the molecule is CC[C@H](C)[C@H](NC(=O)n1c(=O)n(CCN2CCCCC2)c2ccccc21)C(=O)N(C)C. The highest BCUT2D eigenvalue weighted by atomic mass is 16.2. The standard InChI is InChI=1S/C23H35N5O3/c1-5-17(2)20(21(29)25(3)4)24-22(30)28-19-12-8-7-11-18(19)27(23(28)31)16-15-26-13-9-6-10-14-26/h7-8,11-12,17,20H,5-6,9-10,13-16H2,1-4H3,(H,24,30)/t17-,20-/m0/s1. The lowest BCUT2D eigenvalue weighted by Gasteiger charge is -2.26. The zero-order valence-electron chi connectivity index (χ0n) is 19.1. The molecule has 2 atom stereocenters. The van der Waals surface area contributed by atoms with E-state index in [9.17, 15) is 14.4 Å². The third-order valence-corrected chi connectivity index (χ3v) is 6.33. The summed E-state index contributed by atoms with van der Waals surface area (Å²) in [6.45, 7) is 7.33. The first-order valence-corrected chi connectivity index (χ1v) is 11.3. The number of carbonyl (C=O) groups excluding carboxylic acids is 2. The number of hydrogen-bond donors (Lipinski definition) is 1. The van der Waals surface area contributed by atoms with Gasteiger partial charge in [0.25, 0.3) is 0 Å². The molecule has 2 amide bonds. The molecule has 1 N–H and O–H groups in total. The first-order chi connectivity index (χ1) is 14.8. The minimum atomic E-state index is -0.685. The normalized spacial score (nSPS) is 16.8. The number of benzene rings is 1. The largest absolute Gasteiger partial charge is 0.347 e. The van der Waals surface area contributed by atoms with Crippen molar-refractivity contribution in [1.82, 2.24) is 24.3 Å². The number of aromatic nitrogens is 2. The van der Waals surface area contributed by atoms with Gasteiger partial charge in [0.15, 0.2) is 0 Å². The van der Waals surface area contributed by atoms with Gasteiger partial charge in [0.2, 0.25) is 5.91 Å². The van der Waals surface area contributed by atoms with E-state index in [1.165, 1.54) is 28.7 Å². The molecule has 8 heteroatoms. The van der Waals surface area contributed by atoms with E-state index in [2.05, 4.69) is 10.2 Å². The summed E-state index contributed by atoms with van der Waals surface area (Å²) in [6.07, 6.45) is 4.38. The third-order valence-electron chi connectivity index (χ3n) is 6.33. The lowest BCUT2D eigenvalue weighted by molar-refractivity contribution is -0.131. The van der Waals surface area contributed by atoms with Gasteiger partial charge in [-0.1, -0.05) is 38.8 Å². The van der Waals surface area contributed by atoms with Crippen molar-refractivity contribution < 1.29 is 9.59 Å². The Bertz CT molecular complexity index is 971. The first-order valence-electron chi connectivity index (χ1n) is 11.3. The zero-order chi connectivity index (χ0) is 22.5. The molecule has 1 fully saturated rings. The average Bonchev–Trinajstić information content (AvgIpc) is 3.06. The Labute approximate surface area is 183 Å². The highest BCUT2D eigenvalue weighted by molar-refractivity contribution is 5.92. The minimum Gasteiger partial charge on any atom is -0.347 e. The number of likely N-dealkylation sites (tertiary alicyclic amines) is 1. The van der Waals surface area contributed by atoms with Crippen LogP contribution in [0.3, 0.4) is 0 Å². The summed E-state index contributed by atoms with van der Waals surface area (Å²) in [5, 5.41) is 2.83. The second kappa shape index (κ2) is 10.1. The molecule has 1 aromatic heterocycles. The Kier molecular flexibility index (Phi) is 7.54. The molecule has 0 unspecified atom stereocenters. The maximum atomic E-state index is 13.3. The number of nitrogens with one attached hydrogen (secondary N) is 1. The van der Waals surface area contributed by atoms with Crippen molar-refractivity contribution in [3.8, 4) is 0 Å². The average molecular weight is 430 g/mol. The number of hydrogen-bond acceptors (Lipinski definition) is 4. The van der Waals surface area contributed by atoms with E-state index in [1.807, 2.05) is 32.0 Å². The topological polar surface area (TPSA) is 79.6 Å². The maximum absolute atomic E-state index is 13.3.